The van der Waals surface area contributed by atoms with Gasteiger partial charge in [-0.2, -0.15) is 0 Å². The van der Waals surface area contributed by atoms with Gasteiger partial charge < -0.3 is 0 Å². The molecule has 0 bridgehead atoms. The summed E-state index contributed by atoms with van der Waals surface area (Å²) in [4.78, 5) is 0. The van der Waals surface area contributed by atoms with Crippen molar-refractivity contribution in [1.82, 2.24) is 0 Å². The Morgan fingerprint density at radius 2 is 1.00 bits per heavy atom. The van der Waals surface area contributed by atoms with E-state index < -0.39 is 0 Å². The Hall–Kier alpha value is 0. The van der Waals surface area contributed by atoms with Crippen LogP contribution in [0.25, 0.3) is 0 Å². The zero-order valence-electron chi connectivity index (χ0n) is 15.0. The summed E-state index contributed by atoms with van der Waals surface area (Å²) in [6.45, 7) is 14.9. The monoisotopic (exact) mass is 278 g/mol. The summed E-state index contributed by atoms with van der Waals surface area (Å²) in [5, 5.41) is 0. The number of rotatable bonds is 7. The van der Waals surface area contributed by atoms with Gasteiger partial charge in [-0.1, -0.05) is 67.2 Å². The summed E-state index contributed by atoms with van der Waals surface area (Å²) < 4.78 is 0. The second-order valence-corrected chi connectivity index (χ2v) is 8.50. The molecule has 2 rings (SSSR count). The van der Waals surface area contributed by atoms with E-state index >= 15 is 0 Å². The fourth-order valence-corrected chi connectivity index (χ4v) is 5.12. The van der Waals surface area contributed by atoms with Crippen molar-refractivity contribution in [3.8, 4) is 0 Å². The number of hydrogen-bond donors (Lipinski definition) is 0. The molecule has 0 aliphatic heterocycles. The van der Waals surface area contributed by atoms with Crippen molar-refractivity contribution in [3.63, 3.8) is 0 Å². The molecule has 0 nitrogen and oxygen atoms in total. The predicted octanol–water partition coefficient (Wildman–Crippen LogP) is 6.69. The third-order valence-electron chi connectivity index (χ3n) is 7.91. The van der Waals surface area contributed by atoms with Crippen LogP contribution in [0.2, 0.25) is 0 Å². The molecule has 0 amide bonds. The van der Waals surface area contributed by atoms with E-state index in [1.807, 2.05) is 0 Å². The van der Waals surface area contributed by atoms with Crippen molar-refractivity contribution >= 4 is 0 Å². The molecule has 20 heavy (non-hydrogen) atoms. The van der Waals surface area contributed by atoms with Gasteiger partial charge in [-0.15, -0.1) is 0 Å². The van der Waals surface area contributed by atoms with Crippen LogP contribution in [0.3, 0.4) is 0 Å². The van der Waals surface area contributed by atoms with E-state index in [4.69, 9.17) is 0 Å². The van der Waals surface area contributed by atoms with Crippen LogP contribution >= 0.6 is 0 Å². The molecule has 0 heteroatoms. The number of hydrogen-bond acceptors (Lipinski definition) is 0. The first-order valence-electron chi connectivity index (χ1n) is 9.44. The van der Waals surface area contributed by atoms with Gasteiger partial charge in [0, 0.05) is 0 Å². The Kier molecular flexibility index (Phi) is 4.92. The normalized spacial score (nSPS) is 31.8. The van der Waals surface area contributed by atoms with Gasteiger partial charge in [0.1, 0.15) is 0 Å². The summed E-state index contributed by atoms with van der Waals surface area (Å²) in [6.07, 6.45) is 11.6. The lowest BCUT2D eigenvalue weighted by atomic mass is 9.60. The minimum atomic E-state index is 0.583. The minimum absolute atomic E-state index is 0.583. The van der Waals surface area contributed by atoms with E-state index in [0.29, 0.717) is 10.8 Å². The van der Waals surface area contributed by atoms with Crippen LogP contribution in [0.5, 0.6) is 0 Å². The van der Waals surface area contributed by atoms with E-state index in [9.17, 15) is 0 Å². The predicted molar refractivity (Wildman–Crippen MR) is 89.8 cm³/mol. The highest BCUT2D eigenvalue weighted by Gasteiger charge is 2.51. The largest absolute Gasteiger partial charge is 0.0649 e. The average molecular weight is 279 g/mol. The van der Waals surface area contributed by atoms with Gasteiger partial charge in [-0.05, 0) is 60.2 Å². The second kappa shape index (κ2) is 6.01. The molecule has 0 spiro atoms. The van der Waals surface area contributed by atoms with Gasteiger partial charge in [0.2, 0.25) is 0 Å². The third kappa shape index (κ3) is 2.81. The molecule has 0 saturated heterocycles. The maximum Gasteiger partial charge on any atom is -0.0300 e. The molecule has 0 aromatic carbocycles. The van der Waals surface area contributed by atoms with E-state index in [2.05, 4.69) is 41.5 Å². The molecule has 2 unspecified atom stereocenters. The molecule has 118 valence electrons. The topological polar surface area (TPSA) is 0 Å². The van der Waals surface area contributed by atoms with Crippen molar-refractivity contribution in [2.75, 3.05) is 0 Å². The van der Waals surface area contributed by atoms with Crippen molar-refractivity contribution in [2.45, 2.75) is 92.9 Å². The highest BCUT2D eigenvalue weighted by atomic mass is 14.6. The second-order valence-electron chi connectivity index (χ2n) is 8.50. The molecule has 0 aromatic rings. The smallest absolute Gasteiger partial charge is 0.0300 e. The van der Waals surface area contributed by atoms with Crippen LogP contribution in [-0.4, -0.2) is 0 Å². The van der Waals surface area contributed by atoms with Crippen LogP contribution in [-0.2, 0) is 0 Å². The van der Waals surface area contributed by atoms with Crippen LogP contribution < -0.4 is 0 Å². The van der Waals surface area contributed by atoms with Gasteiger partial charge in [0.05, 0.1) is 0 Å². The fraction of sp³-hybridized carbons (Fsp3) is 1.00. The highest BCUT2D eigenvalue weighted by molar-refractivity contribution is 5.01. The summed E-state index contributed by atoms with van der Waals surface area (Å²) in [6, 6.07) is 0. The van der Waals surface area contributed by atoms with Crippen LogP contribution in [0.15, 0.2) is 0 Å². The molecule has 2 fully saturated rings. The summed E-state index contributed by atoms with van der Waals surface area (Å²) in [5.41, 5.74) is 1.17. The van der Waals surface area contributed by atoms with Gasteiger partial charge in [0.15, 0.2) is 0 Å². The summed E-state index contributed by atoms with van der Waals surface area (Å²) in [7, 11) is 0. The van der Waals surface area contributed by atoms with Crippen molar-refractivity contribution in [1.29, 1.82) is 0 Å². The fourth-order valence-electron chi connectivity index (χ4n) is 5.12. The van der Waals surface area contributed by atoms with E-state index in [1.165, 1.54) is 38.5 Å². The maximum atomic E-state index is 2.59. The van der Waals surface area contributed by atoms with Gasteiger partial charge in [-0.25, -0.2) is 0 Å². The molecule has 2 aliphatic rings. The Labute approximate surface area is 128 Å². The van der Waals surface area contributed by atoms with Crippen molar-refractivity contribution in [3.05, 3.63) is 0 Å². The first-order chi connectivity index (χ1) is 9.44. The lowest BCUT2D eigenvalue weighted by molar-refractivity contribution is 0.0419. The highest BCUT2D eigenvalue weighted by Crippen LogP contribution is 2.60. The summed E-state index contributed by atoms with van der Waals surface area (Å²) >= 11 is 0. The standard InChI is InChI=1S/C20H38/c1-7-19(5,8-2)17-13-16(15-11-12-15)14-18(17)20(6,9-3)10-4/h15-18H,7-14H2,1-6H3. The van der Waals surface area contributed by atoms with Crippen LogP contribution in [0.4, 0.5) is 0 Å². The van der Waals surface area contributed by atoms with Gasteiger partial charge in [0.25, 0.3) is 0 Å². The van der Waals surface area contributed by atoms with E-state index in [0.717, 1.165) is 23.7 Å². The molecular weight excluding hydrogens is 240 g/mol. The van der Waals surface area contributed by atoms with Crippen molar-refractivity contribution in [2.24, 2.45) is 34.5 Å². The molecule has 2 saturated carbocycles. The maximum absolute atomic E-state index is 2.59. The molecule has 0 N–H and O–H groups in total. The molecule has 2 aliphatic carbocycles. The molecule has 2 atom stereocenters. The Morgan fingerprint density at radius 3 is 1.25 bits per heavy atom. The first-order valence-corrected chi connectivity index (χ1v) is 9.44. The molecule has 0 heterocycles. The quantitative estimate of drug-likeness (QED) is 0.486. The van der Waals surface area contributed by atoms with Crippen LogP contribution in [0.1, 0.15) is 92.9 Å². The minimum Gasteiger partial charge on any atom is -0.0649 e. The Bertz CT molecular complexity index is 278. The van der Waals surface area contributed by atoms with E-state index in [-0.39, 0.29) is 0 Å². The average Bonchev–Trinajstić information content (AvgIpc) is 3.24. The van der Waals surface area contributed by atoms with Gasteiger partial charge in [-0.3, -0.25) is 0 Å². The van der Waals surface area contributed by atoms with Crippen molar-refractivity contribution < 1.29 is 0 Å². The molecular formula is C20H38. The van der Waals surface area contributed by atoms with E-state index in [1.54, 1.807) is 12.8 Å². The van der Waals surface area contributed by atoms with Crippen LogP contribution in [0, 0.1) is 34.5 Å². The third-order valence-corrected chi connectivity index (χ3v) is 7.91. The lowest BCUT2D eigenvalue weighted by Gasteiger charge is -2.45. The summed E-state index contributed by atoms with van der Waals surface area (Å²) in [5.74, 6) is 4.14. The lowest BCUT2D eigenvalue weighted by Crippen LogP contribution is -2.37. The zero-order valence-corrected chi connectivity index (χ0v) is 15.0. The zero-order chi connectivity index (χ0) is 15.0. The van der Waals surface area contributed by atoms with Gasteiger partial charge >= 0.3 is 0 Å². The Balaban J connectivity index is 2.25. The Morgan fingerprint density at radius 1 is 0.650 bits per heavy atom. The molecule has 0 radical (unpaired) electrons. The SMILES string of the molecule is CCC(C)(CC)C1CC(C2CC2)CC1C(C)(CC)CC. The first kappa shape index (κ1) is 16.4. The molecule has 0 aromatic heterocycles.